The van der Waals surface area contributed by atoms with Crippen molar-refractivity contribution < 1.29 is 23.9 Å². The van der Waals surface area contributed by atoms with Crippen molar-refractivity contribution in [3.63, 3.8) is 0 Å². The van der Waals surface area contributed by atoms with Gasteiger partial charge < -0.3 is 19.9 Å². The Balaban J connectivity index is 1.60. The van der Waals surface area contributed by atoms with Crippen LogP contribution in [0.1, 0.15) is 95.3 Å². The van der Waals surface area contributed by atoms with Crippen molar-refractivity contribution in [3.05, 3.63) is 64.5 Å². The summed E-state index contributed by atoms with van der Waals surface area (Å²) in [5.41, 5.74) is 6.98. The van der Waals surface area contributed by atoms with Gasteiger partial charge in [0.1, 0.15) is 5.75 Å². The molecule has 0 saturated carbocycles. The molecule has 42 heavy (non-hydrogen) atoms. The zero-order chi connectivity index (χ0) is 30.3. The molecule has 3 rings (SSSR count). The van der Waals surface area contributed by atoms with Gasteiger partial charge in [-0.15, -0.1) is 0 Å². The number of hydrogen-bond acceptors (Lipinski definition) is 9. The van der Waals surface area contributed by atoms with Crippen molar-refractivity contribution in [2.45, 2.75) is 91.1 Å². The predicted octanol–water partition coefficient (Wildman–Crippen LogP) is 7.94. The minimum Gasteiger partial charge on any atom is -0.494 e. The Kier molecular flexibility index (Phi) is 13.0. The first kappa shape index (κ1) is 32.3. The molecule has 1 atom stereocenters. The molecule has 0 unspecified atom stereocenters. The summed E-state index contributed by atoms with van der Waals surface area (Å²) in [6.45, 7) is 6.87. The van der Waals surface area contributed by atoms with Crippen LogP contribution < -0.4 is 19.9 Å². The van der Waals surface area contributed by atoms with Gasteiger partial charge in [0.15, 0.2) is 5.75 Å². The van der Waals surface area contributed by atoms with E-state index in [0.29, 0.717) is 12.3 Å². The number of aromatic nitrogens is 2. The molecule has 10 nitrogen and oxygen atoms in total. The lowest BCUT2D eigenvalue weighted by Gasteiger charge is -2.16. The second kappa shape index (κ2) is 16.9. The molecular weight excluding hydrogens is 536 g/mol. The number of anilines is 1. The fraction of sp³-hybridized carbons (Fsp3) is 0.469. The van der Waals surface area contributed by atoms with Crippen LogP contribution in [0.15, 0.2) is 48.8 Å². The van der Waals surface area contributed by atoms with E-state index in [-0.39, 0.29) is 34.7 Å². The van der Waals surface area contributed by atoms with Crippen molar-refractivity contribution >= 4 is 17.3 Å². The molecule has 0 aliphatic rings. The van der Waals surface area contributed by atoms with E-state index in [0.717, 1.165) is 55.9 Å². The van der Waals surface area contributed by atoms with E-state index >= 15 is 0 Å². The number of hydrogen-bond donors (Lipinski definition) is 1. The fourth-order valence-corrected chi connectivity index (χ4v) is 4.42. The molecule has 226 valence electrons. The summed E-state index contributed by atoms with van der Waals surface area (Å²) in [6, 6.07) is 9.91. The number of unbranched alkanes of at least 4 members (excludes halogenated alkanes) is 7. The van der Waals surface area contributed by atoms with Gasteiger partial charge in [-0.05, 0) is 50.5 Å². The lowest BCUT2D eigenvalue weighted by Crippen LogP contribution is -2.16. The maximum atomic E-state index is 12.9. The van der Waals surface area contributed by atoms with E-state index in [1.807, 2.05) is 31.2 Å². The van der Waals surface area contributed by atoms with E-state index in [9.17, 15) is 14.9 Å². The summed E-state index contributed by atoms with van der Waals surface area (Å²) in [4.78, 5) is 32.5. The first-order valence-corrected chi connectivity index (χ1v) is 14.8. The van der Waals surface area contributed by atoms with Gasteiger partial charge in [0.2, 0.25) is 5.88 Å². The summed E-state index contributed by atoms with van der Waals surface area (Å²) in [5, 5.41) is 11.7. The SMILES string of the molecule is CCCCCCCOc1ccc(-c2cnc(OC(=O)c3cc([N+](=O)[O-])c(O[C@H](C)CCCCCC)cc3N)cn2)cc1. The minimum atomic E-state index is -0.881. The molecule has 0 bridgehead atoms. The lowest BCUT2D eigenvalue weighted by atomic mass is 10.1. The Morgan fingerprint density at radius 2 is 1.64 bits per heavy atom. The number of carbonyl (C=O) groups excluding carboxylic acids is 1. The number of nitro groups is 1. The molecule has 2 aromatic carbocycles. The number of carbonyl (C=O) groups is 1. The molecular formula is C32H42N4O6. The van der Waals surface area contributed by atoms with Crippen LogP contribution in [0.4, 0.5) is 11.4 Å². The molecule has 2 N–H and O–H groups in total. The van der Waals surface area contributed by atoms with E-state index in [2.05, 4.69) is 23.8 Å². The standard InChI is InChI=1S/C32H42N4O6/c1-4-6-8-10-12-18-40-25-16-14-24(15-17-25)28-21-35-31(22-34-28)42-32(37)26-19-29(36(38)39)30(20-27(26)33)41-23(3)13-11-9-7-5-2/h14-17,19-23H,4-13,18,33H2,1-3H3/t23-/m1/s1. The van der Waals surface area contributed by atoms with Crippen molar-refractivity contribution in [2.24, 2.45) is 0 Å². The zero-order valence-corrected chi connectivity index (χ0v) is 24.8. The highest BCUT2D eigenvalue weighted by Crippen LogP contribution is 2.34. The summed E-state index contributed by atoms with van der Waals surface area (Å²) in [6.07, 6.45) is 13.5. The van der Waals surface area contributed by atoms with E-state index in [4.69, 9.17) is 19.9 Å². The van der Waals surface area contributed by atoms with Crippen LogP contribution in [0.3, 0.4) is 0 Å². The zero-order valence-electron chi connectivity index (χ0n) is 24.8. The number of rotatable bonds is 18. The molecule has 0 aliphatic carbocycles. The average Bonchev–Trinajstić information content (AvgIpc) is 2.98. The molecule has 0 saturated heterocycles. The number of nitrogens with two attached hydrogens (primary N) is 1. The van der Waals surface area contributed by atoms with Crippen LogP contribution in [0.5, 0.6) is 17.4 Å². The molecule has 1 heterocycles. The lowest BCUT2D eigenvalue weighted by molar-refractivity contribution is -0.386. The molecule has 0 spiro atoms. The third-order valence-corrected chi connectivity index (χ3v) is 6.83. The average molecular weight is 579 g/mol. The van der Waals surface area contributed by atoms with Crippen molar-refractivity contribution in [1.82, 2.24) is 9.97 Å². The number of esters is 1. The van der Waals surface area contributed by atoms with Crippen LogP contribution in [0.2, 0.25) is 0 Å². The van der Waals surface area contributed by atoms with Crippen LogP contribution in [0, 0.1) is 10.1 Å². The Bertz CT molecular complexity index is 1280. The second-order valence-electron chi connectivity index (χ2n) is 10.4. The van der Waals surface area contributed by atoms with Gasteiger partial charge >= 0.3 is 11.7 Å². The molecule has 0 fully saturated rings. The van der Waals surface area contributed by atoms with Crippen LogP contribution in [-0.2, 0) is 0 Å². The molecule has 1 aromatic heterocycles. The monoisotopic (exact) mass is 578 g/mol. The Morgan fingerprint density at radius 1 is 0.952 bits per heavy atom. The fourth-order valence-electron chi connectivity index (χ4n) is 4.42. The Hall–Kier alpha value is -4.21. The number of nitrogens with zero attached hydrogens (tertiary/aromatic N) is 3. The number of nitrogen functional groups attached to an aromatic ring is 1. The quantitative estimate of drug-likeness (QED) is 0.0523. The number of ether oxygens (including phenoxy) is 3. The molecule has 0 amide bonds. The first-order valence-electron chi connectivity index (χ1n) is 14.8. The molecule has 0 aliphatic heterocycles. The summed E-state index contributed by atoms with van der Waals surface area (Å²) in [7, 11) is 0. The highest BCUT2D eigenvalue weighted by atomic mass is 16.6. The van der Waals surface area contributed by atoms with Gasteiger partial charge in [-0.25, -0.2) is 14.8 Å². The summed E-state index contributed by atoms with van der Waals surface area (Å²) < 4.78 is 17.0. The van der Waals surface area contributed by atoms with Gasteiger partial charge in [0, 0.05) is 17.7 Å². The maximum Gasteiger partial charge on any atom is 0.347 e. The maximum absolute atomic E-state index is 12.9. The minimum absolute atomic E-state index is 0.00614. The van der Waals surface area contributed by atoms with Crippen LogP contribution in [0.25, 0.3) is 11.3 Å². The van der Waals surface area contributed by atoms with E-state index in [1.165, 1.54) is 44.1 Å². The Labute approximate surface area is 247 Å². The Morgan fingerprint density at radius 3 is 2.29 bits per heavy atom. The topological polar surface area (TPSA) is 140 Å². The molecule has 0 radical (unpaired) electrons. The number of benzene rings is 2. The van der Waals surface area contributed by atoms with E-state index in [1.54, 1.807) is 0 Å². The van der Waals surface area contributed by atoms with Crippen molar-refractivity contribution in [2.75, 3.05) is 12.3 Å². The van der Waals surface area contributed by atoms with Gasteiger partial charge in [-0.3, -0.25) is 10.1 Å². The van der Waals surface area contributed by atoms with Gasteiger partial charge in [-0.2, -0.15) is 0 Å². The van der Waals surface area contributed by atoms with Gasteiger partial charge in [0.25, 0.3) is 0 Å². The van der Waals surface area contributed by atoms with Gasteiger partial charge in [-0.1, -0.05) is 58.8 Å². The van der Waals surface area contributed by atoms with Gasteiger partial charge in [0.05, 0.1) is 47.0 Å². The second-order valence-corrected chi connectivity index (χ2v) is 10.4. The number of nitro benzene ring substituents is 1. The van der Waals surface area contributed by atoms with E-state index < -0.39 is 10.9 Å². The first-order chi connectivity index (χ1) is 20.3. The van der Waals surface area contributed by atoms with Crippen molar-refractivity contribution in [1.29, 1.82) is 0 Å². The highest BCUT2D eigenvalue weighted by Gasteiger charge is 2.24. The summed E-state index contributed by atoms with van der Waals surface area (Å²) >= 11 is 0. The third-order valence-electron chi connectivity index (χ3n) is 6.83. The van der Waals surface area contributed by atoms with Crippen LogP contribution >= 0.6 is 0 Å². The predicted molar refractivity (Wildman–Crippen MR) is 163 cm³/mol. The normalized spacial score (nSPS) is 11.6. The van der Waals surface area contributed by atoms with Crippen molar-refractivity contribution in [3.8, 4) is 28.6 Å². The largest absolute Gasteiger partial charge is 0.494 e. The highest BCUT2D eigenvalue weighted by molar-refractivity contribution is 5.97. The van der Waals surface area contributed by atoms with Crippen LogP contribution in [-0.4, -0.2) is 33.6 Å². The molecule has 3 aromatic rings. The third kappa shape index (κ3) is 10.0. The molecule has 10 heteroatoms. The smallest absolute Gasteiger partial charge is 0.347 e. The summed E-state index contributed by atoms with van der Waals surface area (Å²) in [5.74, 6) is -0.135.